The zero-order chi connectivity index (χ0) is 17.1. The maximum absolute atomic E-state index is 12.9. The summed E-state index contributed by atoms with van der Waals surface area (Å²) in [5.41, 5.74) is 1.06. The summed E-state index contributed by atoms with van der Waals surface area (Å²) < 4.78 is 0. The van der Waals surface area contributed by atoms with E-state index >= 15 is 0 Å². The minimum absolute atomic E-state index is 0.125. The number of aliphatic hydroxyl groups is 1. The Balaban J connectivity index is 1.72. The third-order valence-electron chi connectivity index (χ3n) is 4.95. The molecule has 2 N–H and O–H groups in total. The van der Waals surface area contributed by atoms with E-state index in [1.165, 1.54) is 0 Å². The van der Waals surface area contributed by atoms with Gasteiger partial charge in [-0.1, -0.05) is 30.3 Å². The van der Waals surface area contributed by atoms with Crippen LogP contribution in [0.1, 0.15) is 38.3 Å². The predicted molar refractivity (Wildman–Crippen MR) is 94.6 cm³/mol. The van der Waals surface area contributed by atoms with Crippen LogP contribution in [-0.2, 0) is 4.79 Å². The van der Waals surface area contributed by atoms with E-state index in [-0.39, 0.29) is 18.1 Å². The van der Waals surface area contributed by atoms with E-state index < -0.39 is 0 Å². The van der Waals surface area contributed by atoms with Crippen LogP contribution in [0.5, 0.6) is 0 Å². The Morgan fingerprint density at radius 1 is 1.29 bits per heavy atom. The van der Waals surface area contributed by atoms with Gasteiger partial charge in [-0.05, 0) is 32.3 Å². The fourth-order valence-electron chi connectivity index (χ4n) is 3.54. The van der Waals surface area contributed by atoms with Gasteiger partial charge in [-0.25, -0.2) is 0 Å². The van der Waals surface area contributed by atoms with Gasteiger partial charge in [0.2, 0.25) is 5.91 Å². The van der Waals surface area contributed by atoms with E-state index in [0.717, 1.165) is 38.0 Å². The summed E-state index contributed by atoms with van der Waals surface area (Å²) in [6.07, 6.45) is 1.89. The molecule has 0 spiro atoms. The lowest BCUT2D eigenvalue weighted by Gasteiger charge is -2.43. The van der Waals surface area contributed by atoms with Gasteiger partial charge in [0.15, 0.2) is 0 Å². The number of benzene rings is 1. The number of hydrogen-bond acceptors (Lipinski definition) is 4. The highest BCUT2D eigenvalue weighted by Crippen LogP contribution is 2.27. The molecule has 5 heteroatoms. The lowest BCUT2D eigenvalue weighted by atomic mass is 10.0. The topological polar surface area (TPSA) is 55.8 Å². The first-order valence-corrected chi connectivity index (χ1v) is 9.06. The molecule has 0 radical (unpaired) electrons. The van der Waals surface area contributed by atoms with Crippen molar-refractivity contribution in [2.75, 3.05) is 26.2 Å². The maximum Gasteiger partial charge on any atom is 0.242 e. The van der Waals surface area contributed by atoms with E-state index in [9.17, 15) is 9.90 Å². The third-order valence-corrected chi connectivity index (χ3v) is 4.95. The molecule has 24 heavy (non-hydrogen) atoms. The zero-order valence-electron chi connectivity index (χ0n) is 14.7. The summed E-state index contributed by atoms with van der Waals surface area (Å²) in [6.45, 7) is 7.26. The minimum atomic E-state index is -0.318. The predicted octanol–water partition coefficient (Wildman–Crippen LogP) is 1.39. The van der Waals surface area contributed by atoms with Gasteiger partial charge in [-0.15, -0.1) is 0 Å². The summed E-state index contributed by atoms with van der Waals surface area (Å²) in [7, 11) is 0. The maximum atomic E-state index is 12.9. The Morgan fingerprint density at radius 3 is 2.58 bits per heavy atom. The van der Waals surface area contributed by atoms with Crippen molar-refractivity contribution in [2.45, 2.75) is 50.9 Å². The lowest BCUT2D eigenvalue weighted by molar-refractivity contribution is -0.128. The van der Waals surface area contributed by atoms with Gasteiger partial charge in [-0.3, -0.25) is 14.6 Å². The molecular formula is C19H29N3O2. The Kier molecular flexibility index (Phi) is 5.54. The molecule has 2 fully saturated rings. The molecule has 0 aromatic heterocycles. The molecule has 2 aliphatic rings. The van der Waals surface area contributed by atoms with Crippen LogP contribution in [0, 0.1) is 0 Å². The van der Waals surface area contributed by atoms with Gasteiger partial charge in [0, 0.05) is 38.3 Å². The zero-order valence-corrected chi connectivity index (χ0v) is 14.7. The standard InChI is InChI=1S/C19H29N3O2/c1-14-12-22(11-10-21(14)13-15(2)23)18(16-6-4-3-5-7-16)19(24)20-17-8-9-17/h3-7,14-15,17-18,23H,8-13H2,1-2H3,(H,20,24)/t14-,15-,18+/m0/s1. The molecular weight excluding hydrogens is 302 g/mol. The first-order chi connectivity index (χ1) is 11.5. The van der Waals surface area contributed by atoms with Crippen molar-refractivity contribution in [1.82, 2.24) is 15.1 Å². The van der Waals surface area contributed by atoms with Crippen molar-refractivity contribution in [2.24, 2.45) is 0 Å². The quantitative estimate of drug-likeness (QED) is 0.827. The molecule has 1 saturated heterocycles. The average molecular weight is 331 g/mol. The summed E-state index contributed by atoms with van der Waals surface area (Å²) in [5, 5.41) is 12.8. The van der Waals surface area contributed by atoms with Crippen molar-refractivity contribution >= 4 is 5.91 Å². The molecule has 1 saturated carbocycles. The van der Waals surface area contributed by atoms with E-state index in [2.05, 4.69) is 22.0 Å². The molecule has 3 atom stereocenters. The monoisotopic (exact) mass is 331 g/mol. The van der Waals surface area contributed by atoms with Crippen LogP contribution in [0.3, 0.4) is 0 Å². The SMILES string of the molecule is C[C@H](O)CN1CCN([C@@H](C(=O)NC2CC2)c2ccccc2)C[C@@H]1C. The highest BCUT2D eigenvalue weighted by molar-refractivity contribution is 5.83. The molecule has 0 unspecified atom stereocenters. The van der Waals surface area contributed by atoms with Gasteiger partial charge in [-0.2, -0.15) is 0 Å². The molecule has 132 valence electrons. The molecule has 1 amide bonds. The molecule has 1 heterocycles. The number of carbonyl (C=O) groups is 1. The molecule has 1 aliphatic heterocycles. The molecule has 1 aliphatic carbocycles. The minimum Gasteiger partial charge on any atom is -0.392 e. The van der Waals surface area contributed by atoms with Crippen molar-refractivity contribution in [3.63, 3.8) is 0 Å². The Morgan fingerprint density at radius 2 is 2.00 bits per heavy atom. The van der Waals surface area contributed by atoms with Crippen LogP contribution in [0.2, 0.25) is 0 Å². The van der Waals surface area contributed by atoms with E-state index in [1.807, 2.05) is 37.3 Å². The number of rotatable bonds is 6. The van der Waals surface area contributed by atoms with Gasteiger partial charge in [0.1, 0.15) is 6.04 Å². The van der Waals surface area contributed by atoms with Gasteiger partial charge >= 0.3 is 0 Å². The number of piperazine rings is 1. The van der Waals surface area contributed by atoms with E-state index in [0.29, 0.717) is 18.6 Å². The van der Waals surface area contributed by atoms with Crippen molar-refractivity contribution in [3.05, 3.63) is 35.9 Å². The largest absolute Gasteiger partial charge is 0.392 e. The number of nitrogens with zero attached hydrogens (tertiary/aromatic N) is 2. The van der Waals surface area contributed by atoms with Crippen LogP contribution in [-0.4, -0.2) is 65.2 Å². The second-order valence-corrected chi connectivity index (χ2v) is 7.28. The first kappa shape index (κ1) is 17.4. The normalized spacial score (nSPS) is 25.2. The Bertz CT molecular complexity index is 545. The molecule has 5 nitrogen and oxygen atoms in total. The van der Waals surface area contributed by atoms with Crippen molar-refractivity contribution in [3.8, 4) is 0 Å². The number of aliphatic hydroxyl groups excluding tert-OH is 1. The van der Waals surface area contributed by atoms with Gasteiger partial charge in [0.05, 0.1) is 6.10 Å². The lowest BCUT2D eigenvalue weighted by Crippen LogP contribution is -2.56. The van der Waals surface area contributed by atoms with Gasteiger partial charge < -0.3 is 10.4 Å². The van der Waals surface area contributed by atoms with Crippen LogP contribution in [0.25, 0.3) is 0 Å². The second kappa shape index (κ2) is 7.64. The highest BCUT2D eigenvalue weighted by Gasteiger charge is 2.35. The second-order valence-electron chi connectivity index (χ2n) is 7.28. The summed E-state index contributed by atoms with van der Waals surface area (Å²) in [5.74, 6) is 0.125. The summed E-state index contributed by atoms with van der Waals surface area (Å²) >= 11 is 0. The van der Waals surface area contributed by atoms with Crippen LogP contribution in [0.4, 0.5) is 0 Å². The fourth-order valence-corrected chi connectivity index (χ4v) is 3.54. The van der Waals surface area contributed by atoms with Crippen LogP contribution < -0.4 is 5.32 Å². The first-order valence-electron chi connectivity index (χ1n) is 9.06. The molecule has 3 rings (SSSR count). The van der Waals surface area contributed by atoms with E-state index in [4.69, 9.17) is 0 Å². The number of carbonyl (C=O) groups excluding carboxylic acids is 1. The fraction of sp³-hybridized carbons (Fsp3) is 0.632. The van der Waals surface area contributed by atoms with Crippen molar-refractivity contribution < 1.29 is 9.90 Å². The average Bonchev–Trinajstić information content (AvgIpc) is 3.35. The summed E-state index contributed by atoms with van der Waals surface area (Å²) in [4.78, 5) is 17.4. The van der Waals surface area contributed by atoms with E-state index in [1.54, 1.807) is 0 Å². The van der Waals surface area contributed by atoms with Crippen LogP contribution in [0.15, 0.2) is 30.3 Å². The van der Waals surface area contributed by atoms with Crippen LogP contribution >= 0.6 is 0 Å². The number of nitrogens with one attached hydrogen (secondary N) is 1. The smallest absolute Gasteiger partial charge is 0.242 e. The number of β-amino-alcohol motifs (C(OH)–C–C–N with tert-alkyl or cyclic N) is 1. The summed E-state index contributed by atoms with van der Waals surface area (Å²) in [6, 6.07) is 10.6. The highest BCUT2D eigenvalue weighted by atomic mass is 16.3. The third kappa shape index (κ3) is 4.35. The number of hydrogen-bond donors (Lipinski definition) is 2. The van der Waals surface area contributed by atoms with Gasteiger partial charge in [0.25, 0.3) is 0 Å². The molecule has 1 aromatic rings. The Hall–Kier alpha value is -1.43. The number of amides is 1. The molecule has 0 bridgehead atoms. The Labute approximate surface area is 144 Å². The van der Waals surface area contributed by atoms with Crippen molar-refractivity contribution in [1.29, 1.82) is 0 Å². The molecule has 1 aromatic carbocycles.